The predicted molar refractivity (Wildman–Crippen MR) is 112 cm³/mol. The highest BCUT2D eigenvalue weighted by Crippen LogP contribution is 2.13. The van der Waals surface area contributed by atoms with E-state index in [0.29, 0.717) is 11.3 Å². The van der Waals surface area contributed by atoms with Gasteiger partial charge in [0.05, 0.1) is 12.8 Å². The molecule has 0 aliphatic carbocycles. The molecule has 3 aromatic rings. The van der Waals surface area contributed by atoms with Crippen molar-refractivity contribution >= 4 is 11.8 Å². The van der Waals surface area contributed by atoms with E-state index in [1.165, 1.54) is 17.0 Å². The number of nitrogens with zero attached hydrogens (tertiary/aromatic N) is 2. The van der Waals surface area contributed by atoms with Gasteiger partial charge >= 0.3 is 0 Å². The molecule has 0 radical (unpaired) electrons. The van der Waals surface area contributed by atoms with Crippen molar-refractivity contribution in [3.63, 3.8) is 0 Å². The molecule has 0 spiro atoms. The second-order valence-electron chi connectivity index (χ2n) is 6.80. The van der Waals surface area contributed by atoms with Crippen LogP contribution in [-0.4, -0.2) is 34.7 Å². The maximum absolute atomic E-state index is 13.2. The maximum Gasteiger partial charge on any atom is 0.254 e. The van der Waals surface area contributed by atoms with E-state index in [1.54, 1.807) is 65.8 Å². The van der Waals surface area contributed by atoms with E-state index in [0.717, 1.165) is 5.56 Å². The van der Waals surface area contributed by atoms with Gasteiger partial charge in [-0.05, 0) is 42.0 Å². The Hall–Kier alpha value is -3.67. The first-order valence-corrected chi connectivity index (χ1v) is 9.56. The molecule has 6 heteroatoms. The number of rotatable bonds is 9. The summed E-state index contributed by atoms with van der Waals surface area (Å²) in [5.41, 5.74) is 1.28. The molecule has 0 aliphatic rings. The minimum atomic E-state index is -0.340. The first kappa shape index (κ1) is 21.0. The van der Waals surface area contributed by atoms with Crippen molar-refractivity contribution in [2.24, 2.45) is 0 Å². The Balaban J connectivity index is 1.78. The number of hydrogen-bond donors (Lipinski definition) is 0. The van der Waals surface area contributed by atoms with Crippen LogP contribution >= 0.6 is 0 Å². The third-order valence-electron chi connectivity index (χ3n) is 4.55. The Morgan fingerprint density at radius 2 is 1.67 bits per heavy atom. The number of halogens is 1. The summed E-state index contributed by atoms with van der Waals surface area (Å²) in [5.74, 6) is -0.214. The van der Waals surface area contributed by atoms with E-state index >= 15 is 0 Å². The lowest BCUT2D eigenvalue weighted by Gasteiger charge is -2.27. The average molecular weight is 406 g/mol. The van der Waals surface area contributed by atoms with Gasteiger partial charge in [0.15, 0.2) is 0 Å². The third kappa shape index (κ3) is 5.67. The van der Waals surface area contributed by atoms with E-state index < -0.39 is 0 Å². The van der Waals surface area contributed by atoms with Gasteiger partial charge in [-0.2, -0.15) is 0 Å². The predicted octanol–water partition coefficient (Wildman–Crippen LogP) is 4.28. The SMILES string of the molecule is C=CCN(CC(=O)N(Cc1ccc(F)cc1)Cc1ccco1)C(=O)c1ccccc1. The Morgan fingerprint density at radius 1 is 0.933 bits per heavy atom. The minimum absolute atomic E-state index is 0.109. The van der Waals surface area contributed by atoms with Crippen LogP contribution in [0.1, 0.15) is 21.7 Å². The normalized spacial score (nSPS) is 10.4. The molecule has 154 valence electrons. The molecule has 0 unspecified atom stereocenters. The van der Waals surface area contributed by atoms with Gasteiger partial charge in [-0.25, -0.2) is 4.39 Å². The zero-order valence-electron chi connectivity index (χ0n) is 16.5. The van der Waals surface area contributed by atoms with Crippen molar-refractivity contribution in [2.45, 2.75) is 13.1 Å². The number of carbonyl (C=O) groups is 2. The van der Waals surface area contributed by atoms with E-state index in [1.807, 2.05) is 6.07 Å². The highest BCUT2D eigenvalue weighted by Gasteiger charge is 2.22. The van der Waals surface area contributed by atoms with Crippen molar-refractivity contribution in [1.29, 1.82) is 0 Å². The van der Waals surface area contributed by atoms with E-state index in [4.69, 9.17) is 4.42 Å². The first-order chi connectivity index (χ1) is 14.6. The quantitative estimate of drug-likeness (QED) is 0.499. The molecule has 2 aromatic carbocycles. The van der Waals surface area contributed by atoms with Gasteiger partial charge in [0.25, 0.3) is 5.91 Å². The third-order valence-corrected chi connectivity index (χ3v) is 4.55. The van der Waals surface area contributed by atoms with Gasteiger partial charge in [-0.1, -0.05) is 36.4 Å². The Kier molecular flexibility index (Phi) is 7.16. The van der Waals surface area contributed by atoms with E-state index in [9.17, 15) is 14.0 Å². The molecule has 0 bridgehead atoms. The van der Waals surface area contributed by atoms with Gasteiger partial charge in [-0.3, -0.25) is 9.59 Å². The van der Waals surface area contributed by atoms with E-state index in [-0.39, 0.29) is 43.8 Å². The lowest BCUT2D eigenvalue weighted by atomic mass is 10.2. The van der Waals surface area contributed by atoms with Crippen molar-refractivity contribution in [1.82, 2.24) is 9.80 Å². The standard InChI is InChI=1S/C24H23FN2O3/c1-2-14-26(24(29)20-7-4-3-5-8-20)18-23(28)27(17-22-9-6-15-30-22)16-19-10-12-21(25)13-11-19/h2-13,15H,1,14,16-18H2. The van der Waals surface area contributed by atoms with Gasteiger partial charge in [0, 0.05) is 18.7 Å². The molecule has 30 heavy (non-hydrogen) atoms. The summed E-state index contributed by atoms with van der Waals surface area (Å²) in [6.07, 6.45) is 3.13. The number of amides is 2. The molecule has 0 saturated heterocycles. The lowest BCUT2D eigenvalue weighted by molar-refractivity contribution is -0.133. The van der Waals surface area contributed by atoms with Crippen molar-refractivity contribution in [2.75, 3.05) is 13.1 Å². The summed E-state index contributed by atoms with van der Waals surface area (Å²) in [7, 11) is 0. The van der Waals surface area contributed by atoms with Crippen LogP contribution in [0.25, 0.3) is 0 Å². The summed E-state index contributed by atoms with van der Waals surface area (Å²) in [5, 5.41) is 0. The highest BCUT2D eigenvalue weighted by atomic mass is 19.1. The van der Waals surface area contributed by atoms with Crippen LogP contribution in [0.4, 0.5) is 4.39 Å². The van der Waals surface area contributed by atoms with Gasteiger partial charge in [-0.15, -0.1) is 6.58 Å². The van der Waals surface area contributed by atoms with Gasteiger partial charge in [0.2, 0.25) is 5.91 Å². The number of furan rings is 1. The Bertz CT molecular complexity index is 969. The molecule has 1 aromatic heterocycles. The zero-order valence-corrected chi connectivity index (χ0v) is 16.5. The minimum Gasteiger partial charge on any atom is -0.467 e. The van der Waals surface area contributed by atoms with Crippen LogP contribution in [-0.2, 0) is 17.9 Å². The summed E-state index contributed by atoms with van der Waals surface area (Å²) >= 11 is 0. The van der Waals surface area contributed by atoms with Crippen molar-refractivity contribution in [3.8, 4) is 0 Å². The summed E-state index contributed by atoms with van der Waals surface area (Å²) < 4.78 is 18.6. The molecule has 5 nitrogen and oxygen atoms in total. The fourth-order valence-corrected chi connectivity index (χ4v) is 3.03. The molecular formula is C24H23FN2O3. The second kappa shape index (κ2) is 10.2. The largest absolute Gasteiger partial charge is 0.467 e. The van der Waals surface area contributed by atoms with Crippen LogP contribution in [0, 0.1) is 5.82 Å². The molecular weight excluding hydrogens is 383 g/mol. The van der Waals surface area contributed by atoms with E-state index in [2.05, 4.69) is 6.58 Å². The molecule has 3 rings (SSSR count). The number of hydrogen-bond acceptors (Lipinski definition) is 3. The lowest BCUT2D eigenvalue weighted by Crippen LogP contribution is -2.42. The smallest absolute Gasteiger partial charge is 0.254 e. The van der Waals surface area contributed by atoms with Crippen molar-refractivity contribution < 1.29 is 18.4 Å². The molecule has 0 saturated carbocycles. The molecule has 0 fully saturated rings. The van der Waals surface area contributed by atoms with Crippen molar-refractivity contribution in [3.05, 3.63) is 108 Å². The van der Waals surface area contributed by atoms with Crippen LogP contribution in [0.3, 0.4) is 0 Å². The molecule has 0 atom stereocenters. The van der Waals surface area contributed by atoms with Gasteiger partial charge in [0.1, 0.15) is 18.1 Å². The average Bonchev–Trinajstić information content (AvgIpc) is 3.28. The van der Waals surface area contributed by atoms with Crippen LogP contribution in [0.2, 0.25) is 0 Å². The Labute approximate surface area is 175 Å². The monoisotopic (exact) mass is 406 g/mol. The second-order valence-corrected chi connectivity index (χ2v) is 6.80. The maximum atomic E-state index is 13.2. The van der Waals surface area contributed by atoms with Gasteiger partial charge < -0.3 is 14.2 Å². The zero-order chi connectivity index (χ0) is 21.3. The van der Waals surface area contributed by atoms with Crippen LogP contribution in [0.15, 0.2) is 90.1 Å². The molecule has 0 aliphatic heterocycles. The van der Waals surface area contributed by atoms with Crippen LogP contribution in [0.5, 0.6) is 0 Å². The van der Waals surface area contributed by atoms with Crippen LogP contribution < -0.4 is 0 Å². The fraction of sp³-hybridized carbons (Fsp3) is 0.167. The summed E-state index contributed by atoms with van der Waals surface area (Å²) in [6, 6.07) is 18.3. The molecule has 0 N–H and O–H groups in total. The highest BCUT2D eigenvalue weighted by molar-refractivity contribution is 5.96. The molecule has 2 amide bonds. The molecule has 1 heterocycles. The topological polar surface area (TPSA) is 53.8 Å². The Morgan fingerprint density at radius 3 is 2.30 bits per heavy atom. The summed E-state index contributed by atoms with van der Waals surface area (Å²) in [4.78, 5) is 29.0. The number of carbonyl (C=O) groups excluding carboxylic acids is 2. The fourth-order valence-electron chi connectivity index (χ4n) is 3.03. The number of benzene rings is 2. The summed E-state index contributed by atoms with van der Waals surface area (Å²) in [6.45, 7) is 4.33. The first-order valence-electron chi connectivity index (χ1n) is 9.56.